The van der Waals surface area contributed by atoms with Crippen molar-refractivity contribution in [3.8, 4) is 0 Å². The van der Waals surface area contributed by atoms with Crippen molar-refractivity contribution in [1.82, 2.24) is 0 Å². The van der Waals surface area contributed by atoms with E-state index in [-0.39, 0.29) is 0 Å². The Hall–Kier alpha value is -0.560. The fourth-order valence-electron chi connectivity index (χ4n) is 1.76. The second-order valence-electron chi connectivity index (χ2n) is 4.67. The van der Waals surface area contributed by atoms with Gasteiger partial charge in [0.25, 0.3) is 0 Å². The van der Waals surface area contributed by atoms with Crippen LogP contribution in [0.2, 0.25) is 0 Å². The Labute approximate surface area is 98.0 Å². The molecule has 0 aliphatic rings. The van der Waals surface area contributed by atoms with Crippen LogP contribution >= 0.6 is 11.3 Å². The number of thiophene rings is 1. The minimum atomic E-state index is 0.667. The second kappa shape index (κ2) is 6.12. The van der Waals surface area contributed by atoms with Gasteiger partial charge in [-0.3, -0.25) is 0 Å². The molecule has 0 nitrogen and oxygen atoms in total. The Morgan fingerprint density at radius 3 is 2.27 bits per heavy atom. The zero-order chi connectivity index (χ0) is 11.3. The maximum atomic E-state index is 2.29. The summed E-state index contributed by atoms with van der Waals surface area (Å²) in [6.07, 6.45) is 6.84. The Morgan fingerprint density at radius 2 is 1.73 bits per heavy atom. The van der Waals surface area contributed by atoms with E-state index in [1.807, 2.05) is 11.3 Å². The zero-order valence-corrected chi connectivity index (χ0v) is 11.1. The van der Waals surface area contributed by atoms with Crippen LogP contribution in [0.3, 0.4) is 0 Å². The lowest BCUT2D eigenvalue weighted by Crippen LogP contribution is -1.92. The molecule has 1 aromatic rings. The van der Waals surface area contributed by atoms with E-state index in [0.29, 0.717) is 5.92 Å². The molecule has 0 aliphatic heterocycles. The molecule has 0 spiro atoms. The van der Waals surface area contributed by atoms with Crippen LogP contribution < -0.4 is 0 Å². The van der Waals surface area contributed by atoms with E-state index in [1.165, 1.54) is 22.6 Å². The molecule has 0 saturated heterocycles. The SMILES string of the molecule is C/C=C\C(C)Cc1ccc(CC(C)C)s1. The summed E-state index contributed by atoms with van der Waals surface area (Å²) in [5, 5.41) is 0. The maximum absolute atomic E-state index is 2.29. The predicted molar refractivity (Wildman–Crippen MR) is 70.5 cm³/mol. The normalized spacial score (nSPS) is 13.9. The van der Waals surface area contributed by atoms with Gasteiger partial charge in [0.1, 0.15) is 0 Å². The van der Waals surface area contributed by atoms with Gasteiger partial charge in [-0.15, -0.1) is 11.3 Å². The molecule has 1 heterocycles. The maximum Gasteiger partial charge on any atom is 0.00539 e. The lowest BCUT2D eigenvalue weighted by atomic mass is 10.1. The summed E-state index contributed by atoms with van der Waals surface area (Å²) in [6, 6.07) is 4.59. The van der Waals surface area contributed by atoms with Crippen LogP contribution in [0.25, 0.3) is 0 Å². The third-order valence-electron chi connectivity index (χ3n) is 2.37. The summed E-state index contributed by atoms with van der Waals surface area (Å²) in [7, 11) is 0. The molecule has 1 heteroatoms. The van der Waals surface area contributed by atoms with E-state index in [1.54, 1.807) is 0 Å². The summed E-state index contributed by atoms with van der Waals surface area (Å²) in [5.74, 6) is 1.44. The highest BCUT2D eigenvalue weighted by Gasteiger charge is 2.05. The van der Waals surface area contributed by atoms with Gasteiger partial charge in [-0.2, -0.15) is 0 Å². The van der Waals surface area contributed by atoms with Crippen LogP contribution in [0.15, 0.2) is 24.3 Å². The van der Waals surface area contributed by atoms with Crippen LogP contribution in [0, 0.1) is 11.8 Å². The standard InChI is InChI=1S/C14H22S/c1-5-6-12(4)10-14-8-7-13(15-14)9-11(2)3/h5-8,11-12H,9-10H2,1-4H3/b6-5-. The van der Waals surface area contributed by atoms with Gasteiger partial charge in [0.05, 0.1) is 0 Å². The monoisotopic (exact) mass is 222 g/mol. The van der Waals surface area contributed by atoms with Gasteiger partial charge in [-0.25, -0.2) is 0 Å². The van der Waals surface area contributed by atoms with Crippen molar-refractivity contribution in [1.29, 1.82) is 0 Å². The molecule has 0 N–H and O–H groups in total. The molecule has 0 bridgehead atoms. The van der Waals surface area contributed by atoms with Gasteiger partial charge in [0.15, 0.2) is 0 Å². The number of hydrogen-bond donors (Lipinski definition) is 0. The molecule has 84 valence electrons. The fraction of sp³-hybridized carbons (Fsp3) is 0.571. The summed E-state index contributed by atoms with van der Waals surface area (Å²) < 4.78 is 0. The first-order chi connectivity index (χ1) is 7.11. The molecule has 0 aromatic carbocycles. The molecule has 0 radical (unpaired) electrons. The molecule has 0 fully saturated rings. The van der Waals surface area contributed by atoms with Crippen molar-refractivity contribution < 1.29 is 0 Å². The Morgan fingerprint density at radius 1 is 1.13 bits per heavy atom. The predicted octanol–water partition coefficient (Wildman–Crippen LogP) is 4.70. The van der Waals surface area contributed by atoms with Gasteiger partial charge >= 0.3 is 0 Å². The van der Waals surface area contributed by atoms with Crippen molar-refractivity contribution in [2.45, 2.75) is 40.5 Å². The van der Waals surface area contributed by atoms with E-state index in [2.05, 4.69) is 52.0 Å². The van der Waals surface area contributed by atoms with E-state index >= 15 is 0 Å². The van der Waals surface area contributed by atoms with Crippen LogP contribution in [0.5, 0.6) is 0 Å². The molecule has 0 amide bonds. The van der Waals surface area contributed by atoms with Crippen molar-refractivity contribution in [3.05, 3.63) is 34.0 Å². The molecule has 1 atom stereocenters. The molecule has 15 heavy (non-hydrogen) atoms. The Balaban J connectivity index is 2.52. The van der Waals surface area contributed by atoms with Gasteiger partial charge < -0.3 is 0 Å². The second-order valence-corrected chi connectivity index (χ2v) is 5.93. The van der Waals surface area contributed by atoms with Crippen LogP contribution in [-0.2, 0) is 12.8 Å². The molecule has 1 unspecified atom stereocenters. The topological polar surface area (TPSA) is 0 Å². The zero-order valence-electron chi connectivity index (χ0n) is 10.3. The third-order valence-corrected chi connectivity index (χ3v) is 3.50. The first-order valence-corrected chi connectivity index (χ1v) is 6.64. The largest absolute Gasteiger partial charge is 0.145 e. The molecular formula is C14H22S. The van der Waals surface area contributed by atoms with Crippen molar-refractivity contribution in [2.75, 3.05) is 0 Å². The minimum absolute atomic E-state index is 0.667. The molecule has 1 aromatic heterocycles. The first-order valence-electron chi connectivity index (χ1n) is 5.82. The molecular weight excluding hydrogens is 200 g/mol. The summed E-state index contributed by atoms with van der Waals surface area (Å²) in [4.78, 5) is 3.06. The number of rotatable bonds is 5. The van der Waals surface area contributed by atoms with Crippen molar-refractivity contribution in [2.24, 2.45) is 11.8 Å². The highest BCUT2D eigenvalue weighted by molar-refractivity contribution is 7.11. The Kier molecular flexibility index (Phi) is 5.10. The average molecular weight is 222 g/mol. The van der Waals surface area contributed by atoms with E-state index in [4.69, 9.17) is 0 Å². The van der Waals surface area contributed by atoms with E-state index in [9.17, 15) is 0 Å². The highest BCUT2D eigenvalue weighted by atomic mass is 32.1. The molecule has 1 rings (SSSR count). The van der Waals surface area contributed by atoms with E-state index < -0.39 is 0 Å². The van der Waals surface area contributed by atoms with Crippen molar-refractivity contribution >= 4 is 11.3 Å². The quantitative estimate of drug-likeness (QED) is 0.633. The summed E-state index contributed by atoms with van der Waals surface area (Å²) >= 11 is 1.98. The van der Waals surface area contributed by atoms with Gasteiger partial charge in [0.2, 0.25) is 0 Å². The number of hydrogen-bond acceptors (Lipinski definition) is 1. The summed E-state index contributed by atoms with van der Waals surface area (Å²) in [6.45, 7) is 8.93. The van der Waals surface area contributed by atoms with Crippen molar-refractivity contribution in [3.63, 3.8) is 0 Å². The minimum Gasteiger partial charge on any atom is -0.145 e. The van der Waals surface area contributed by atoms with Gasteiger partial charge in [0, 0.05) is 9.75 Å². The third kappa shape index (κ3) is 4.65. The molecule has 0 aliphatic carbocycles. The van der Waals surface area contributed by atoms with Gasteiger partial charge in [-0.05, 0) is 43.7 Å². The van der Waals surface area contributed by atoms with E-state index in [0.717, 1.165) is 5.92 Å². The van der Waals surface area contributed by atoms with Crippen LogP contribution in [-0.4, -0.2) is 0 Å². The Bertz CT molecular complexity index is 307. The molecule has 0 saturated carbocycles. The lowest BCUT2D eigenvalue weighted by Gasteiger charge is -2.03. The number of allylic oxidation sites excluding steroid dienone is 2. The smallest absolute Gasteiger partial charge is 0.00539 e. The van der Waals surface area contributed by atoms with Gasteiger partial charge in [-0.1, -0.05) is 32.9 Å². The fourth-order valence-corrected chi connectivity index (χ4v) is 3.13. The first kappa shape index (κ1) is 12.5. The summed E-state index contributed by atoms with van der Waals surface area (Å²) in [5.41, 5.74) is 0. The van der Waals surface area contributed by atoms with Crippen LogP contribution in [0.1, 0.15) is 37.4 Å². The van der Waals surface area contributed by atoms with Crippen LogP contribution in [0.4, 0.5) is 0 Å². The lowest BCUT2D eigenvalue weighted by molar-refractivity contribution is 0.654. The highest BCUT2D eigenvalue weighted by Crippen LogP contribution is 2.22. The average Bonchev–Trinajstić information content (AvgIpc) is 2.51.